The molecule has 3 aromatic heterocycles. The zero-order valence-corrected chi connectivity index (χ0v) is 16.2. The van der Waals surface area contributed by atoms with E-state index in [2.05, 4.69) is 32.0 Å². The van der Waals surface area contributed by atoms with E-state index in [1.165, 1.54) is 0 Å². The van der Waals surface area contributed by atoms with Crippen LogP contribution in [-0.2, 0) is 5.60 Å². The van der Waals surface area contributed by atoms with Crippen LogP contribution in [0, 0.1) is 11.3 Å². The van der Waals surface area contributed by atoms with Crippen molar-refractivity contribution in [3.05, 3.63) is 60.0 Å². The van der Waals surface area contributed by atoms with Gasteiger partial charge in [-0.25, -0.2) is 9.97 Å². The van der Waals surface area contributed by atoms with Crippen LogP contribution in [0.1, 0.15) is 24.1 Å². The molecule has 1 aliphatic heterocycles. The fourth-order valence-corrected chi connectivity index (χ4v) is 4.35. The predicted octanol–water partition coefficient (Wildman–Crippen LogP) is 3.56. The molecule has 6 heteroatoms. The minimum absolute atomic E-state index is 0.388. The molecule has 1 aliphatic rings. The molecule has 0 spiro atoms. The largest absolute Gasteiger partial charge is 0.384 e. The van der Waals surface area contributed by atoms with Crippen molar-refractivity contribution >= 4 is 21.9 Å². The summed E-state index contributed by atoms with van der Waals surface area (Å²) >= 11 is 0. The quantitative estimate of drug-likeness (QED) is 0.552. The van der Waals surface area contributed by atoms with E-state index in [4.69, 9.17) is 5.26 Å². The van der Waals surface area contributed by atoms with Gasteiger partial charge >= 0.3 is 0 Å². The average Bonchev–Trinajstić information content (AvgIpc) is 3.10. The number of aromatic nitrogens is 3. The van der Waals surface area contributed by atoms with Gasteiger partial charge in [0.2, 0.25) is 0 Å². The second-order valence-electron chi connectivity index (χ2n) is 7.92. The van der Waals surface area contributed by atoms with Crippen LogP contribution in [0.5, 0.6) is 0 Å². The lowest BCUT2D eigenvalue weighted by atomic mass is 9.85. The van der Waals surface area contributed by atoms with Gasteiger partial charge in [-0.2, -0.15) is 5.26 Å². The zero-order chi connectivity index (χ0) is 20.0. The van der Waals surface area contributed by atoms with E-state index in [9.17, 15) is 5.11 Å². The average molecular weight is 383 g/mol. The first kappa shape index (κ1) is 17.8. The van der Waals surface area contributed by atoms with E-state index in [1.54, 1.807) is 12.3 Å². The van der Waals surface area contributed by atoms with Crippen LogP contribution in [0.15, 0.2) is 48.8 Å². The number of β-amino-alcohol motifs (C(OH)–C–C–N with tert-alkyl or cyclic N) is 1. The number of piperidine rings is 1. The smallest absolute Gasteiger partial charge is 0.141 e. The Labute approximate surface area is 168 Å². The molecule has 2 N–H and O–H groups in total. The SMILES string of the molecule is CN1CCCC(O)(c2ccc(-c3cnc4[nH]c5cnc(C#N)cc5c4c3)cc2)C1. The van der Waals surface area contributed by atoms with Crippen LogP contribution in [0.25, 0.3) is 33.1 Å². The molecular weight excluding hydrogens is 362 g/mol. The summed E-state index contributed by atoms with van der Waals surface area (Å²) in [7, 11) is 2.05. The summed E-state index contributed by atoms with van der Waals surface area (Å²) < 4.78 is 0. The highest BCUT2D eigenvalue weighted by Crippen LogP contribution is 2.33. The second-order valence-corrected chi connectivity index (χ2v) is 7.92. The Kier molecular flexibility index (Phi) is 4.09. The van der Waals surface area contributed by atoms with E-state index < -0.39 is 5.60 Å². The summed E-state index contributed by atoms with van der Waals surface area (Å²) in [5, 5.41) is 22.1. The third-order valence-electron chi connectivity index (χ3n) is 5.87. The van der Waals surface area contributed by atoms with Crippen molar-refractivity contribution in [2.24, 2.45) is 0 Å². The van der Waals surface area contributed by atoms with Gasteiger partial charge in [0.1, 0.15) is 23.0 Å². The van der Waals surface area contributed by atoms with E-state index in [1.807, 2.05) is 37.5 Å². The van der Waals surface area contributed by atoms with Crippen molar-refractivity contribution in [3.8, 4) is 17.2 Å². The molecule has 1 saturated heterocycles. The number of rotatable bonds is 2. The molecule has 0 bridgehead atoms. The number of aromatic amines is 1. The standard InChI is InChI=1S/C23H21N5O/c1-28-8-2-7-23(29,14-28)17-5-3-15(4-6-17)16-9-20-19-10-18(11-24)25-13-21(19)27-22(20)26-12-16/h3-6,9-10,12-13,29H,2,7-8,14H2,1H3,(H,26,27). The summed E-state index contributed by atoms with van der Waals surface area (Å²) in [4.78, 5) is 14.1. The Morgan fingerprint density at radius 2 is 1.93 bits per heavy atom. The van der Waals surface area contributed by atoms with E-state index in [0.717, 1.165) is 58.0 Å². The molecule has 144 valence electrons. The molecule has 5 rings (SSSR count). The number of pyridine rings is 2. The fourth-order valence-electron chi connectivity index (χ4n) is 4.35. The lowest BCUT2D eigenvalue weighted by molar-refractivity contribution is -0.0277. The number of fused-ring (bicyclic) bond motifs is 3. The first-order valence-electron chi connectivity index (χ1n) is 9.75. The molecule has 0 amide bonds. The highest BCUT2D eigenvalue weighted by Gasteiger charge is 2.33. The first-order valence-corrected chi connectivity index (χ1v) is 9.75. The van der Waals surface area contributed by atoms with Crippen molar-refractivity contribution < 1.29 is 5.11 Å². The number of aliphatic hydroxyl groups is 1. The van der Waals surface area contributed by atoms with E-state index in [-0.39, 0.29) is 0 Å². The molecule has 1 unspecified atom stereocenters. The van der Waals surface area contributed by atoms with Crippen LogP contribution < -0.4 is 0 Å². The number of likely N-dealkylation sites (N-methyl/N-ethyl adjacent to an activating group) is 1. The Bertz CT molecular complexity index is 1250. The van der Waals surface area contributed by atoms with Crippen molar-refractivity contribution in [3.63, 3.8) is 0 Å². The third kappa shape index (κ3) is 3.05. The van der Waals surface area contributed by atoms with Crippen LogP contribution in [0.2, 0.25) is 0 Å². The summed E-state index contributed by atoms with van der Waals surface area (Å²) in [6, 6.07) is 14.1. The second kappa shape index (κ2) is 6.66. The number of benzene rings is 1. The minimum atomic E-state index is -0.786. The van der Waals surface area contributed by atoms with Gasteiger partial charge in [-0.05, 0) is 49.7 Å². The summed E-state index contributed by atoms with van der Waals surface area (Å²) in [6.45, 7) is 1.68. The maximum atomic E-state index is 11.1. The molecular formula is C23H21N5O. The molecule has 6 nitrogen and oxygen atoms in total. The van der Waals surface area contributed by atoms with Gasteiger partial charge in [0.25, 0.3) is 0 Å². The van der Waals surface area contributed by atoms with Crippen LogP contribution >= 0.6 is 0 Å². The van der Waals surface area contributed by atoms with Crippen molar-refractivity contribution in [2.75, 3.05) is 20.1 Å². The van der Waals surface area contributed by atoms with Gasteiger partial charge in [0, 0.05) is 29.1 Å². The van der Waals surface area contributed by atoms with Gasteiger partial charge in [0.05, 0.1) is 11.7 Å². The van der Waals surface area contributed by atoms with E-state index >= 15 is 0 Å². The Morgan fingerprint density at radius 3 is 2.69 bits per heavy atom. The number of hydrogen-bond donors (Lipinski definition) is 2. The number of likely N-dealkylation sites (tertiary alicyclic amines) is 1. The van der Waals surface area contributed by atoms with Crippen LogP contribution in [0.3, 0.4) is 0 Å². The molecule has 1 atom stereocenters. The first-order chi connectivity index (χ1) is 14.1. The van der Waals surface area contributed by atoms with Gasteiger partial charge < -0.3 is 15.0 Å². The number of H-pyrrole nitrogens is 1. The minimum Gasteiger partial charge on any atom is -0.384 e. The number of nitrogens with one attached hydrogen (secondary N) is 1. The summed E-state index contributed by atoms with van der Waals surface area (Å²) in [5.41, 5.74) is 4.23. The predicted molar refractivity (Wildman–Crippen MR) is 112 cm³/mol. The van der Waals surface area contributed by atoms with Crippen molar-refractivity contribution in [1.82, 2.24) is 19.9 Å². The topological polar surface area (TPSA) is 88.8 Å². The molecule has 0 saturated carbocycles. The number of hydrogen-bond acceptors (Lipinski definition) is 5. The van der Waals surface area contributed by atoms with Gasteiger partial charge in [0.15, 0.2) is 0 Å². The van der Waals surface area contributed by atoms with Crippen molar-refractivity contribution in [2.45, 2.75) is 18.4 Å². The normalized spacial score (nSPS) is 20.2. The van der Waals surface area contributed by atoms with Crippen LogP contribution in [0.4, 0.5) is 0 Å². The molecule has 0 aliphatic carbocycles. The number of nitriles is 1. The van der Waals surface area contributed by atoms with E-state index in [0.29, 0.717) is 12.2 Å². The Hall–Kier alpha value is -3.27. The molecule has 0 radical (unpaired) electrons. The molecule has 1 fully saturated rings. The highest BCUT2D eigenvalue weighted by molar-refractivity contribution is 6.06. The van der Waals surface area contributed by atoms with Crippen molar-refractivity contribution in [1.29, 1.82) is 5.26 Å². The Morgan fingerprint density at radius 1 is 1.10 bits per heavy atom. The Balaban J connectivity index is 1.53. The molecule has 4 aromatic rings. The lowest BCUT2D eigenvalue weighted by Crippen LogP contribution is -2.44. The highest BCUT2D eigenvalue weighted by atomic mass is 16.3. The van der Waals surface area contributed by atoms with Gasteiger partial charge in [-0.1, -0.05) is 24.3 Å². The zero-order valence-electron chi connectivity index (χ0n) is 16.2. The maximum Gasteiger partial charge on any atom is 0.141 e. The molecule has 1 aromatic carbocycles. The summed E-state index contributed by atoms with van der Waals surface area (Å²) in [6.07, 6.45) is 5.30. The molecule has 4 heterocycles. The lowest BCUT2D eigenvalue weighted by Gasteiger charge is -2.37. The fraction of sp³-hybridized carbons (Fsp3) is 0.261. The third-order valence-corrected chi connectivity index (χ3v) is 5.87. The van der Waals surface area contributed by atoms with Gasteiger partial charge in [-0.15, -0.1) is 0 Å². The number of nitrogens with zero attached hydrogens (tertiary/aromatic N) is 4. The monoisotopic (exact) mass is 383 g/mol. The van der Waals surface area contributed by atoms with Gasteiger partial charge in [-0.3, -0.25) is 0 Å². The summed E-state index contributed by atoms with van der Waals surface area (Å²) in [5.74, 6) is 0. The van der Waals surface area contributed by atoms with Crippen LogP contribution in [-0.4, -0.2) is 45.1 Å². The molecule has 29 heavy (non-hydrogen) atoms. The maximum absolute atomic E-state index is 11.1.